The summed E-state index contributed by atoms with van der Waals surface area (Å²) in [6.45, 7) is 3.65. The molecule has 1 fully saturated rings. The quantitative estimate of drug-likeness (QED) is 0.616. The summed E-state index contributed by atoms with van der Waals surface area (Å²) in [6, 6.07) is 1.56. The lowest BCUT2D eigenvalue weighted by molar-refractivity contribution is -0.0124. The number of halogens is 1. The lowest BCUT2D eigenvalue weighted by Gasteiger charge is -2.31. The van der Waals surface area contributed by atoms with Crippen LogP contribution in [0.3, 0.4) is 0 Å². The molecule has 0 aromatic carbocycles. The van der Waals surface area contributed by atoms with Gasteiger partial charge in [0.05, 0.1) is 23.3 Å². The Kier molecular flexibility index (Phi) is 4.00. The van der Waals surface area contributed by atoms with Gasteiger partial charge in [-0.05, 0) is 13.0 Å². The Morgan fingerprint density at radius 1 is 1.72 bits per heavy atom. The number of ether oxygens (including phenoxy) is 1. The number of hydrogen-bond donors (Lipinski definition) is 2. The Balaban J connectivity index is 2.15. The summed E-state index contributed by atoms with van der Waals surface area (Å²) in [5, 5.41) is 0.324. The summed E-state index contributed by atoms with van der Waals surface area (Å²) in [5.74, 6) is 5.49. The van der Waals surface area contributed by atoms with Gasteiger partial charge in [0.15, 0.2) is 5.82 Å². The topological polar surface area (TPSA) is 80.5 Å². The average Bonchev–Trinajstić information content (AvgIpc) is 2.37. The Morgan fingerprint density at radius 2 is 2.50 bits per heavy atom. The molecule has 3 N–H and O–H groups in total. The van der Waals surface area contributed by atoms with Crippen molar-refractivity contribution < 1.29 is 9.53 Å². The second-order valence-corrected chi connectivity index (χ2v) is 4.54. The number of anilines is 1. The van der Waals surface area contributed by atoms with E-state index in [1.165, 1.54) is 6.20 Å². The lowest BCUT2D eigenvalue weighted by Crippen LogP contribution is -2.44. The van der Waals surface area contributed by atoms with Gasteiger partial charge < -0.3 is 15.1 Å². The van der Waals surface area contributed by atoms with Gasteiger partial charge in [-0.2, -0.15) is 0 Å². The number of carbonyl (C=O) groups excluding carboxylic acids is 1. The minimum absolute atomic E-state index is 0.0520. The highest BCUT2D eigenvalue weighted by Gasteiger charge is 2.23. The standard InChI is InChI=1S/C11H15ClN4O2/c1-7-6-16(2-3-18-7)11(17)8-4-9(12)10(15-13)14-5-8/h4-5,7H,2-3,6,13H2,1H3,(H,14,15). The van der Waals surface area contributed by atoms with Crippen LogP contribution in [0.1, 0.15) is 17.3 Å². The van der Waals surface area contributed by atoms with Gasteiger partial charge in [0.2, 0.25) is 0 Å². The van der Waals surface area contributed by atoms with Crippen molar-refractivity contribution in [3.63, 3.8) is 0 Å². The van der Waals surface area contributed by atoms with E-state index in [4.69, 9.17) is 22.2 Å². The maximum atomic E-state index is 12.2. The maximum absolute atomic E-state index is 12.2. The molecule has 1 amide bonds. The van der Waals surface area contributed by atoms with E-state index in [2.05, 4.69) is 10.4 Å². The zero-order valence-corrected chi connectivity index (χ0v) is 10.8. The van der Waals surface area contributed by atoms with Gasteiger partial charge in [-0.1, -0.05) is 11.6 Å². The van der Waals surface area contributed by atoms with E-state index in [0.29, 0.717) is 36.1 Å². The molecule has 18 heavy (non-hydrogen) atoms. The highest BCUT2D eigenvalue weighted by Crippen LogP contribution is 2.20. The third kappa shape index (κ3) is 2.72. The van der Waals surface area contributed by atoms with Crippen LogP contribution in [0.2, 0.25) is 5.02 Å². The van der Waals surface area contributed by atoms with Gasteiger partial charge in [0.1, 0.15) is 0 Å². The van der Waals surface area contributed by atoms with Gasteiger partial charge in [-0.3, -0.25) is 4.79 Å². The maximum Gasteiger partial charge on any atom is 0.255 e. The largest absolute Gasteiger partial charge is 0.375 e. The Morgan fingerprint density at radius 3 is 3.11 bits per heavy atom. The predicted molar refractivity (Wildman–Crippen MR) is 68.4 cm³/mol. The minimum atomic E-state index is -0.0943. The fraction of sp³-hybridized carbons (Fsp3) is 0.455. The minimum Gasteiger partial charge on any atom is -0.375 e. The molecule has 1 aromatic rings. The molecular formula is C11H15ClN4O2. The average molecular weight is 271 g/mol. The number of nitrogens with one attached hydrogen (secondary N) is 1. The summed E-state index contributed by atoms with van der Waals surface area (Å²) >= 11 is 5.94. The molecule has 0 radical (unpaired) electrons. The second-order valence-electron chi connectivity index (χ2n) is 4.13. The van der Waals surface area contributed by atoms with Crippen molar-refractivity contribution in [2.24, 2.45) is 5.84 Å². The molecule has 7 heteroatoms. The summed E-state index contributed by atoms with van der Waals surface area (Å²) in [7, 11) is 0. The van der Waals surface area contributed by atoms with Crippen LogP contribution >= 0.6 is 11.6 Å². The van der Waals surface area contributed by atoms with Gasteiger partial charge in [0, 0.05) is 19.3 Å². The number of nitrogens with zero attached hydrogens (tertiary/aromatic N) is 2. The molecule has 98 valence electrons. The molecule has 2 rings (SSSR count). The second kappa shape index (κ2) is 5.51. The number of carbonyl (C=O) groups is 1. The van der Waals surface area contributed by atoms with Crippen LogP contribution in [-0.2, 0) is 4.74 Å². The highest BCUT2D eigenvalue weighted by molar-refractivity contribution is 6.33. The number of nitrogen functional groups attached to an aromatic ring is 1. The number of hydrogen-bond acceptors (Lipinski definition) is 5. The third-order valence-electron chi connectivity index (χ3n) is 2.75. The van der Waals surface area contributed by atoms with Crippen molar-refractivity contribution in [2.45, 2.75) is 13.0 Å². The Hall–Kier alpha value is -1.37. The fourth-order valence-electron chi connectivity index (χ4n) is 1.85. The van der Waals surface area contributed by atoms with E-state index in [0.717, 1.165) is 0 Å². The molecular weight excluding hydrogens is 256 g/mol. The van der Waals surface area contributed by atoms with E-state index in [9.17, 15) is 4.79 Å². The van der Waals surface area contributed by atoms with Crippen LogP contribution in [-0.4, -0.2) is 41.6 Å². The Bertz CT molecular complexity index is 455. The van der Waals surface area contributed by atoms with Crippen molar-refractivity contribution in [1.29, 1.82) is 0 Å². The number of rotatable bonds is 2. The van der Waals surface area contributed by atoms with E-state index in [1.807, 2.05) is 6.92 Å². The van der Waals surface area contributed by atoms with Gasteiger partial charge in [-0.25, -0.2) is 10.8 Å². The van der Waals surface area contributed by atoms with Crippen molar-refractivity contribution in [3.05, 3.63) is 22.8 Å². The van der Waals surface area contributed by atoms with Crippen LogP contribution < -0.4 is 11.3 Å². The van der Waals surface area contributed by atoms with Crippen molar-refractivity contribution in [1.82, 2.24) is 9.88 Å². The van der Waals surface area contributed by atoms with Gasteiger partial charge in [-0.15, -0.1) is 0 Å². The first kappa shape index (κ1) is 13.1. The van der Waals surface area contributed by atoms with Crippen molar-refractivity contribution in [3.8, 4) is 0 Å². The van der Waals surface area contributed by atoms with E-state index in [1.54, 1.807) is 11.0 Å². The smallest absolute Gasteiger partial charge is 0.255 e. The van der Waals surface area contributed by atoms with Crippen LogP contribution in [0.4, 0.5) is 5.82 Å². The molecule has 2 heterocycles. The zero-order chi connectivity index (χ0) is 13.1. The van der Waals surface area contributed by atoms with Crippen LogP contribution in [0, 0.1) is 0 Å². The molecule has 1 atom stereocenters. The zero-order valence-electron chi connectivity index (χ0n) is 10.0. The van der Waals surface area contributed by atoms with Crippen LogP contribution in [0.25, 0.3) is 0 Å². The number of amides is 1. The van der Waals surface area contributed by atoms with Crippen LogP contribution in [0.5, 0.6) is 0 Å². The Labute approximate surface area is 110 Å². The van der Waals surface area contributed by atoms with E-state index in [-0.39, 0.29) is 12.0 Å². The number of nitrogens with two attached hydrogens (primary N) is 1. The summed E-state index contributed by atoms with van der Waals surface area (Å²) < 4.78 is 5.39. The molecule has 1 aliphatic heterocycles. The van der Waals surface area contributed by atoms with Crippen molar-refractivity contribution in [2.75, 3.05) is 25.1 Å². The first-order chi connectivity index (χ1) is 8.61. The first-order valence-corrected chi connectivity index (χ1v) is 6.02. The van der Waals surface area contributed by atoms with Crippen molar-refractivity contribution >= 4 is 23.3 Å². The first-order valence-electron chi connectivity index (χ1n) is 5.65. The van der Waals surface area contributed by atoms with Gasteiger partial charge >= 0.3 is 0 Å². The highest BCUT2D eigenvalue weighted by atomic mass is 35.5. The predicted octanol–water partition coefficient (Wildman–Crippen LogP) is 0.882. The number of hydrazine groups is 1. The SMILES string of the molecule is CC1CN(C(=O)c2cnc(NN)c(Cl)c2)CCO1. The molecule has 6 nitrogen and oxygen atoms in total. The molecule has 1 saturated heterocycles. The molecule has 1 aromatic heterocycles. The molecule has 0 saturated carbocycles. The summed E-state index contributed by atoms with van der Waals surface area (Å²) in [4.78, 5) is 17.9. The van der Waals surface area contributed by atoms with Gasteiger partial charge in [0.25, 0.3) is 5.91 Å². The van der Waals surface area contributed by atoms with E-state index >= 15 is 0 Å². The van der Waals surface area contributed by atoms with Crippen LogP contribution in [0.15, 0.2) is 12.3 Å². The molecule has 1 aliphatic rings. The molecule has 0 aliphatic carbocycles. The number of morpholine rings is 1. The molecule has 1 unspecified atom stereocenters. The summed E-state index contributed by atoms with van der Waals surface area (Å²) in [6.07, 6.45) is 1.51. The normalized spacial score (nSPS) is 19.7. The number of pyridine rings is 1. The lowest BCUT2D eigenvalue weighted by atomic mass is 10.2. The monoisotopic (exact) mass is 270 g/mol. The third-order valence-corrected chi connectivity index (χ3v) is 3.04. The molecule has 0 spiro atoms. The number of aromatic nitrogens is 1. The molecule has 0 bridgehead atoms. The van der Waals surface area contributed by atoms with E-state index < -0.39 is 0 Å². The summed E-state index contributed by atoms with van der Waals surface area (Å²) in [5.41, 5.74) is 2.81. The fourth-order valence-corrected chi connectivity index (χ4v) is 2.07.